The summed E-state index contributed by atoms with van der Waals surface area (Å²) in [6.07, 6.45) is 0. The zero-order chi connectivity index (χ0) is 16.8. The van der Waals surface area contributed by atoms with E-state index in [1.54, 1.807) is 3.96 Å². The smallest absolute Gasteiger partial charge is 0.121 e. The van der Waals surface area contributed by atoms with Gasteiger partial charge in [-0.2, -0.15) is 0 Å². The summed E-state index contributed by atoms with van der Waals surface area (Å²) in [4.78, 5) is 0. The molecular formula is C15H36NPS2Si2. The summed E-state index contributed by atoms with van der Waals surface area (Å²) in [7, 11) is -1.02. The molecule has 0 radical (unpaired) electrons. The maximum atomic E-state index is 2.88. The van der Waals surface area contributed by atoms with Crippen LogP contribution >= 0.6 is 31.9 Å². The molecule has 0 bridgehead atoms. The lowest BCUT2D eigenvalue weighted by Crippen LogP contribution is -2.53. The van der Waals surface area contributed by atoms with Gasteiger partial charge in [0.1, 0.15) is 16.5 Å². The molecule has 0 heterocycles. The molecule has 0 aliphatic heterocycles. The molecule has 0 saturated heterocycles. The van der Waals surface area contributed by atoms with Crippen LogP contribution in [0.25, 0.3) is 0 Å². The van der Waals surface area contributed by atoms with E-state index < -0.39 is 16.5 Å². The van der Waals surface area contributed by atoms with Gasteiger partial charge in [-0.05, 0) is 20.2 Å². The average Bonchev–Trinajstić information content (AvgIpc) is 2.23. The van der Waals surface area contributed by atoms with Gasteiger partial charge in [-0.25, -0.2) is 0 Å². The maximum absolute atomic E-state index is 2.88. The van der Waals surface area contributed by atoms with Crippen LogP contribution < -0.4 is 0 Å². The lowest BCUT2D eigenvalue weighted by Gasteiger charge is -2.40. The molecule has 0 N–H and O–H groups in total. The highest BCUT2D eigenvalue weighted by molar-refractivity contribution is 8.43. The summed E-state index contributed by atoms with van der Waals surface area (Å²) in [5, 5.41) is 0. The van der Waals surface area contributed by atoms with E-state index >= 15 is 0 Å². The van der Waals surface area contributed by atoms with E-state index in [9.17, 15) is 0 Å². The van der Waals surface area contributed by atoms with E-state index in [1.165, 1.54) is 19.9 Å². The summed E-state index contributed by atoms with van der Waals surface area (Å²) in [6, 6.07) is 0. The molecule has 0 aliphatic carbocycles. The van der Waals surface area contributed by atoms with Crippen molar-refractivity contribution >= 4 is 52.3 Å². The molecule has 0 aromatic heterocycles. The van der Waals surface area contributed by atoms with E-state index in [0.717, 1.165) is 11.8 Å². The molecule has 0 rings (SSSR count). The zero-order valence-electron chi connectivity index (χ0n) is 15.8. The Morgan fingerprint density at radius 2 is 1.14 bits per heavy atom. The van der Waals surface area contributed by atoms with Crippen molar-refractivity contribution < 1.29 is 0 Å². The van der Waals surface area contributed by atoms with E-state index in [2.05, 4.69) is 94.5 Å². The fourth-order valence-corrected chi connectivity index (χ4v) is 17.1. The lowest BCUT2D eigenvalue weighted by molar-refractivity contribution is 0.751. The van der Waals surface area contributed by atoms with Gasteiger partial charge >= 0.3 is 0 Å². The van der Waals surface area contributed by atoms with Gasteiger partial charge in [-0.15, -0.1) is 23.5 Å². The Hall–Kier alpha value is 1.26. The first kappa shape index (κ1) is 22.3. The van der Waals surface area contributed by atoms with Gasteiger partial charge in [-0.3, -0.25) is 4.00 Å². The number of nitrogens with zero attached hydrogens (tertiary/aromatic N) is 1. The van der Waals surface area contributed by atoms with Gasteiger partial charge in [0.2, 0.25) is 0 Å². The summed E-state index contributed by atoms with van der Waals surface area (Å²) in [6.45, 7) is 24.3. The first-order valence-corrected chi connectivity index (χ1v) is 17.7. The fourth-order valence-electron chi connectivity index (χ4n) is 1.96. The zero-order valence-corrected chi connectivity index (χ0v) is 20.3. The summed E-state index contributed by atoms with van der Waals surface area (Å²) >= 11 is 4.20. The molecule has 0 fully saturated rings. The van der Waals surface area contributed by atoms with Crippen molar-refractivity contribution in [2.24, 2.45) is 11.8 Å². The predicted octanol–water partition coefficient (Wildman–Crippen LogP) is 6.69. The van der Waals surface area contributed by atoms with E-state index in [1.807, 2.05) is 0 Å². The molecule has 1 nitrogen and oxygen atoms in total. The minimum atomic E-state index is -1.26. The molecule has 0 aromatic carbocycles. The van der Waals surface area contributed by atoms with Crippen LogP contribution in [0, 0.1) is 11.8 Å². The van der Waals surface area contributed by atoms with Crippen LogP contribution in [0.2, 0.25) is 39.3 Å². The van der Waals surface area contributed by atoms with Gasteiger partial charge in [0.15, 0.2) is 0 Å². The average molecular weight is 382 g/mol. The molecule has 0 spiro atoms. The van der Waals surface area contributed by atoms with Crippen LogP contribution in [0.1, 0.15) is 27.7 Å². The van der Waals surface area contributed by atoms with Gasteiger partial charge in [0.25, 0.3) is 0 Å². The van der Waals surface area contributed by atoms with Crippen LogP contribution in [-0.4, -0.2) is 35.9 Å². The highest BCUT2D eigenvalue weighted by Gasteiger charge is 2.34. The molecule has 0 aromatic rings. The maximum Gasteiger partial charge on any atom is 0.121 e. The molecule has 0 saturated carbocycles. The Balaban J connectivity index is 5.21. The Morgan fingerprint density at radius 3 is 1.38 bits per heavy atom. The van der Waals surface area contributed by atoms with E-state index in [0.29, 0.717) is 0 Å². The van der Waals surface area contributed by atoms with Gasteiger partial charge in [-0.1, -0.05) is 67.0 Å². The van der Waals surface area contributed by atoms with Crippen molar-refractivity contribution in [3.63, 3.8) is 0 Å². The minimum Gasteiger partial charge on any atom is -0.298 e. The topological polar surface area (TPSA) is 3.24 Å². The van der Waals surface area contributed by atoms with Crippen molar-refractivity contribution in [1.29, 1.82) is 0 Å². The number of hydrogen-bond donors (Lipinski definition) is 0. The second kappa shape index (κ2) is 9.53. The molecule has 0 amide bonds. The third-order valence-corrected chi connectivity index (χ3v) is 17.8. The monoisotopic (exact) mass is 381 g/mol. The number of thioether (sulfide) groups is 2. The Bertz CT molecular complexity index is 306. The molecule has 0 aliphatic rings. The third-order valence-electron chi connectivity index (χ3n) is 2.53. The second-order valence-electron chi connectivity index (χ2n) is 8.43. The SMILES string of the molecule is CC(C)CSC(=PN([Si](C)(C)C)[Si](C)(C)C)SCC(C)C. The predicted molar refractivity (Wildman–Crippen MR) is 115 cm³/mol. The van der Waals surface area contributed by atoms with Crippen molar-refractivity contribution in [1.82, 2.24) is 4.00 Å². The molecule has 0 unspecified atom stereocenters. The second-order valence-corrected chi connectivity index (χ2v) is 23.2. The molecule has 126 valence electrons. The van der Waals surface area contributed by atoms with E-state index in [-0.39, 0.29) is 0 Å². The quantitative estimate of drug-likeness (QED) is 0.324. The number of hydrogen-bond acceptors (Lipinski definition) is 3. The van der Waals surface area contributed by atoms with Crippen molar-refractivity contribution in [3.8, 4) is 0 Å². The van der Waals surface area contributed by atoms with Crippen LogP contribution in [0.15, 0.2) is 0 Å². The van der Waals surface area contributed by atoms with Crippen LogP contribution in [0.4, 0.5) is 0 Å². The normalized spacial score (nSPS) is 13.8. The highest BCUT2D eigenvalue weighted by Crippen LogP contribution is 2.35. The molecule has 6 heteroatoms. The third kappa shape index (κ3) is 10.6. The summed E-state index contributed by atoms with van der Waals surface area (Å²) < 4.78 is 4.51. The van der Waals surface area contributed by atoms with Gasteiger partial charge in [0, 0.05) is 11.5 Å². The fraction of sp³-hybridized carbons (Fsp3) is 0.933. The Morgan fingerprint density at radius 1 is 0.810 bits per heavy atom. The van der Waals surface area contributed by atoms with Crippen molar-refractivity contribution in [2.45, 2.75) is 67.0 Å². The lowest BCUT2D eigenvalue weighted by atomic mass is 10.3. The Kier molecular flexibility index (Phi) is 10.1. The highest BCUT2D eigenvalue weighted by atomic mass is 32.2. The number of rotatable bonds is 9. The first-order chi connectivity index (χ1) is 9.34. The Labute approximate surface area is 146 Å². The van der Waals surface area contributed by atoms with Crippen LogP contribution in [0.5, 0.6) is 0 Å². The van der Waals surface area contributed by atoms with E-state index in [4.69, 9.17) is 0 Å². The van der Waals surface area contributed by atoms with Crippen LogP contribution in [0.3, 0.4) is 0 Å². The largest absolute Gasteiger partial charge is 0.298 e. The van der Waals surface area contributed by atoms with Crippen molar-refractivity contribution in [3.05, 3.63) is 0 Å². The van der Waals surface area contributed by atoms with Gasteiger partial charge in [0.05, 0.1) is 3.96 Å². The summed E-state index contributed by atoms with van der Waals surface area (Å²) in [5.41, 5.74) is 0. The summed E-state index contributed by atoms with van der Waals surface area (Å²) in [5.74, 6) is 4.04. The van der Waals surface area contributed by atoms with Crippen LogP contribution in [-0.2, 0) is 0 Å². The standard InChI is InChI=1S/C15H36NPS2Si2/c1-13(2)11-18-15(19-12-14(3)4)17-16(20(5,6)7)21(8,9)10/h13-14H,11-12H2,1-10H3. The molecular weight excluding hydrogens is 345 g/mol. The first-order valence-electron chi connectivity index (χ1n) is 7.98. The minimum absolute atomic E-state index is 0.770. The molecule has 0 atom stereocenters. The van der Waals surface area contributed by atoms with Gasteiger partial charge < -0.3 is 0 Å². The molecule has 21 heavy (non-hydrogen) atoms. The van der Waals surface area contributed by atoms with Crippen molar-refractivity contribution in [2.75, 3.05) is 11.5 Å².